The second kappa shape index (κ2) is 6.30. The average molecular weight is 353 g/mol. The number of halogens is 2. The largest absolute Gasteiger partial charge is 0.309 e. The molecule has 2 aromatic carbocycles. The summed E-state index contributed by atoms with van der Waals surface area (Å²) in [5.74, 6) is 0. The van der Waals surface area contributed by atoms with Crippen LogP contribution >= 0.6 is 27.5 Å². The third kappa shape index (κ3) is 2.93. The molecule has 0 radical (unpaired) electrons. The Morgan fingerprint density at radius 1 is 1.00 bits per heavy atom. The Morgan fingerprint density at radius 2 is 1.65 bits per heavy atom. The lowest BCUT2D eigenvalue weighted by Gasteiger charge is -2.22. The van der Waals surface area contributed by atoms with E-state index in [0.717, 1.165) is 15.1 Å². The molecule has 0 amide bonds. The standard InChI is InChI=1S/C17H19BrClN/c1-10-6-5-7-13(16(10)18)17(20-4)14-8-11(2)12(3)9-15(14)19/h5-9,17,20H,1-4H3. The number of hydrogen-bond acceptors (Lipinski definition) is 1. The van der Waals surface area contributed by atoms with Crippen molar-refractivity contribution in [2.24, 2.45) is 0 Å². The van der Waals surface area contributed by atoms with Crippen molar-refractivity contribution in [3.05, 3.63) is 67.6 Å². The van der Waals surface area contributed by atoms with Gasteiger partial charge in [0.15, 0.2) is 0 Å². The zero-order valence-corrected chi connectivity index (χ0v) is 14.6. The molecule has 0 bridgehead atoms. The van der Waals surface area contributed by atoms with Crippen LogP contribution in [0.4, 0.5) is 0 Å². The number of hydrogen-bond donors (Lipinski definition) is 1. The minimum Gasteiger partial charge on any atom is -0.309 e. The number of rotatable bonds is 3. The summed E-state index contributed by atoms with van der Waals surface area (Å²) in [5, 5.41) is 4.18. The summed E-state index contributed by atoms with van der Waals surface area (Å²) >= 11 is 10.2. The van der Waals surface area contributed by atoms with Gasteiger partial charge in [-0.15, -0.1) is 0 Å². The predicted molar refractivity (Wildman–Crippen MR) is 90.7 cm³/mol. The van der Waals surface area contributed by atoms with Crippen LogP contribution in [0.1, 0.15) is 33.9 Å². The van der Waals surface area contributed by atoms with Crippen LogP contribution < -0.4 is 5.32 Å². The van der Waals surface area contributed by atoms with Gasteiger partial charge in [-0.05, 0) is 61.7 Å². The summed E-state index contributed by atoms with van der Waals surface area (Å²) in [7, 11) is 1.96. The summed E-state index contributed by atoms with van der Waals surface area (Å²) in [6.45, 7) is 6.30. The third-order valence-electron chi connectivity index (χ3n) is 3.75. The molecule has 0 aromatic heterocycles. The Hall–Kier alpha value is -0.830. The summed E-state index contributed by atoms with van der Waals surface area (Å²) in [6, 6.07) is 10.6. The Kier molecular flexibility index (Phi) is 4.90. The van der Waals surface area contributed by atoms with Crippen LogP contribution in [-0.4, -0.2) is 7.05 Å². The van der Waals surface area contributed by atoms with Crippen molar-refractivity contribution in [1.29, 1.82) is 0 Å². The van der Waals surface area contributed by atoms with Crippen LogP contribution in [0.2, 0.25) is 5.02 Å². The summed E-state index contributed by atoms with van der Waals surface area (Å²) in [6.07, 6.45) is 0. The van der Waals surface area contributed by atoms with Crippen LogP contribution in [-0.2, 0) is 0 Å². The number of nitrogens with one attached hydrogen (secondary N) is 1. The normalized spacial score (nSPS) is 12.5. The summed E-state index contributed by atoms with van der Waals surface area (Å²) in [4.78, 5) is 0. The number of benzene rings is 2. The molecular weight excluding hydrogens is 334 g/mol. The molecule has 106 valence electrons. The highest BCUT2D eigenvalue weighted by molar-refractivity contribution is 9.10. The molecule has 0 heterocycles. The third-order valence-corrected chi connectivity index (χ3v) is 5.16. The van der Waals surface area contributed by atoms with E-state index in [1.807, 2.05) is 13.1 Å². The van der Waals surface area contributed by atoms with Crippen LogP contribution in [0.25, 0.3) is 0 Å². The first-order chi connectivity index (χ1) is 9.45. The van der Waals surface area contributed by atoms with Gasteiger partial charge in [-0.3, -0.25) is 0 Å². The first kappa shape index (κ1) is 15.6. The van der Waals surface area contributed by atoms with Gasteiger partial charge < -0.3 is 5.32 Å². The van der Waals surface area contributed by atoms with Crippen LogP contribution in [0, 0.1) is 20.8 Å². The summed E-state index contributed by atoms with van der Waals surface area (Å²) < 4.78 is 1.13. The van der Waals surface area contributed by atoms with Gasteiger partial charge in [0.25, 0.3) is 0 Å². The highest BCUT2D eigenvalue weighted by Crippen LogP contribution is 2.35. The average Bonchev–Trinajstić information content (AvgIpc) is 2.41. The lowest BCUT2D eigenvalue weighted by atomic mass is 9.94. The smallest absolute Gasteiger partial charge is 0.0600 e. The topological polar surface area (TPSA) is 12.0 Å². The van der Waals surface area contributed by atoms with E-state index in [0.29, 0.717) is 0 Å². The minimum absolute atomic E-state index is 0.0797. The van der Waals surface area contributed by atoms with Crippen LogP contribution in [0.15, 0.2) is 34.8 Å². The second-order valence-electron chi connectivity index (χ2n) is 5.16. The SMILES string of the molecule is CNC(c1cc(C)c(C)cc1Cl)c1cccc(C)c1Br. The first-order valence-corrected chi connectivity index (χ1v) is 7.81. The van der Waals surface area contributed by atoms with E-state index in [2.05, 4.69) is 66.3 Å². The molecule has 1 atom stereocenters. The quantitative estimate of drug-likeness (QED) is 0.786. The zero-order valence-electron chi connectivity index (χ0n) is 12.2. The van der Waals surface area contributed by atoms with E-state index >= 15 is 0 Å². The van der Waals surface area contributed by atoms with E-state index in [1.54, 1.807) is 0 Å². The van der Waals surface area contributed by atoms with Crippen molar-refractivity contribution in [2.75, 3.05) is 7.05 Å². The molecule has 1 nitrogen and oxygen atoms in total. The highest BCUT2D eigenvalue weighted by atomic mass is 79.9. The Bertz CT molecular complexity index is 637. The van der Waals surface area contributed by atoms with E-state index in [4.69, 9.17) is 11.6 Å². The van der Waals surface area contributed by atoms with Crippen LogP contribution in [0.5, 0.6) is 0 Å². The van der Waals surface area contributed by atoms with Crippen molar-refractivity contribution in [3.8, 4) is 0 Å². The van der Waals surface area contributed by atoms with E-state index < -0.39 is 0 Å². The molecule has 0 aliphatic rings. The lowest BCUT2D eigenvalue weighted by molar-refractivity contribution is 0.687. The molecule has 2 aromatic rings. The Morgan fingerprint density at radius 3 is 2.30 bits per heavy atom. The minimum atomic E-state index is 0.0797. The maximum Gasteiger partial charge on any atom is 0.0600 e. The lowest BCUT2D eigenvalue weighted by Crippen LogP contribution is -2.19. The highest BCUT2D eigenvalue weighted by Gasteiger charge is 2.19. The fourth-order valence-corrected chi connectivity index (χ4v) is 3.22. The second-order valence-corrected chi connectivity index (χ2v) is 6.36. The fourth-order valence-electron chi connectivity index (χ4n) is 2.40. The van der Waals surface area contributed by atoms with Gasteiger partial charge in [0.2, 0.25) is 0 Å². The van der Waals surface area contributed by atoms with Crippen LogP contribution in [0.3, 0.4) is 0 Å². The molecule has 0 spiro atoms. The molecular formula is C17H19BrClN. The van der Waals surface area contributed by atoms with Gasteiger partial charge in [0, 0.05) is 9.50 Å². The zero-order chi connectivity index (χ0) is 14.9. The Balaban J connectivity index is 2.58. The maximum atomic E-state index is 6.46. The van der Waals surface area contributed by atoms with Gasteiger partial charge in [-0.2, -0.15) is 0 Å². The van der Waals surface area contributed by atoms with Crippen molar-refractivity contribution in [1.82, 2.24) is 5.32 Å². The van der Waals surface area contributed by atoms with Gasteiger partial charge in [-0.1, -0.05) is 51.8 Å². The molecule has 1 unspecified atom stereocenters. The maximum absolute atomic E-state index is 6.46. The molecule has 3 heteroatoms. The van der Waals surface area contributed by atoms with Gasteiger partial charge in [0.1, 0.15) is 0 Å². The van der Waals surface area contributed by atoms with Gasteiger partial charge >= 0.3 is 0 Å². The molecule has 1 N–H and O–H groups in total. The Labute approximate surface area is 134 Å². The van der Waals surface area contributed by atoms with Crippen molar-refractivity contribution in [3.63, 3.8) is 0 Å². The van der Waals surface area contributed by atoms with Crippen molar-refractivity contribution in [2.45, 2.75) is 26.8 Å². The van der Waals surface area contributed by atoms with Crippen molar-refractivity contribution >= 4 is 27.5 Å². The van der Waals surface area contributed by atoms with E-state index in [1.165, 1.54) is 22.3 Å². The number of aryl methyl sites for hydroxylation is 3. The molecule has 2 rings (SSSR count). The molecule has 0 saturated heterocycles. The van der Waals surface area contributed by atoms with E-state index in [-0.39, 0.29) is 6.04 Å². The fraction of sp³-hybridized carbons (Fsp3) is 0.294. The predicted octanol–water partition coefficient (Wildman–Crippen LogP) is 5.34. The van der Waals surface area contributed by atoms with Crippen molar-refractivity contribution < 1.29 is 0 Å². The molecule has 0 saturated carbocycles. The molecule has 20 heavy (non-hydrogen) atoms. The first-order valence-electron chi connectivity index (χ1n) is 6.64. The van der Waals surface area contributed by atoms with Gasteiger partial charge in [0.05, 0.1) is 6.04 Å². The monoisotopic (exact) mass is 351 g/mol. The van der Waals surface area contributed by atoms with Gasteiger partial charge in [-0.25, -0.2) is 0 Å². The molecule has 0 aliphatic heterocycles. The summed E-state index contributed by atoms with van der Waals surface area (Å²) in [5.41, 5.74) is 6.02. The molecule has 0 aliphatic carbocycles. The van der Waals surface area contributed by atoms with E-state index in [9.17, 15) is 0 Å². The molecule has 0 fully saturated rings.